The Hall–Kier alpha value is -2.81. The Morgan fingerprint density at radius 3 is 3.00 bits per heavy atom. The van der Waals surface area contributed by atoms with Gasteiger partial charge in [0.1, 0.15) is 0 Å². The number of fused-ring (bicyclic) bond motifs is 1. The van der Waals surface area contributed by atoms with Crippen molar-refractivity contribution in [3.05, 3.63) is 56.6 Å². The predicted octanol–water partition coefficient (Wildman–Crippen LogP) is 2.36. The zero-order chi connectivity index (χ0) is 18.8. The summed E-state index contributed by atoms with van der Waals surface area (Å²) < 4.78 is 20.3. The standard InChI is InChI=1S/C17H19FN4O4/c1-3-26-17(23)15-12-8-19-7-10(2)16(12)21(20-15)9-11-4-5-13(18)14(6-11)22(24)25/h4-6,10,19H,3,7-9H2,1-2H3. The molecule has 0 saturated heterocycles. The van der Waals surface area contributed by atoms with Crippen molar-refractivity contribution in [1.82, 2.24) is 15.1 Å². The molecule has 2 aromatic rings. The Morgan fingerprint density at radius 1 is 1.54 bits per heavy atom. The second-order valence-corrected chi connectivity index (χ2v) is 6.17. The van der Waals surface area contributed by atoms with Crippen molar-refractivity contribution in [1.29, 1.82) is 0 Å². The molecule has 1 atom stereocenters. The van der Waals surface area contributed by atoms with Gasteiger partial charge in [-0.05, 0) is 18.6 Å². The number of ether oxygens (including phenoxy) is 1. The molecule has 0 radical (unpaired) electrons. The monoisotopic (exact) mass is 362 g/mol. The molecule has 1 aliphatic rings. The highest BCUT2D eigenvalue weighted by Gasteiger charge is 2.29. The smallest absolute Gasteiger partial charge is 0.359 e. The second-order valence-electron chi connectivity index (χ2n) is 6.17. The van der Waals surface area contributed by atoms with E-state index in [9.17, 15) is 19.3 Å². The lowest BCUT2D eigenvalue weighted by molar-refractivity contribution is -0.387. The van der Waals surface area contributed by atoms with E-state index in [2.05, 4.69) is 10.4 Å². The molecule has 0 aliphatic carbocycles. The van der Waals surface area contributed by atoms with Crippen LogP contribution in [0.1, 0.15) is 47.1 Å². The number of benzene rings is 1. The highest BCUT2D eigenvalue weighted by atomic mass is 19.1. The van der Waals surface area contributed by atoms with Gasteiger partial charge in [0.05, 0.1) is 18.1 Å². The van der Waals surface area contributed by atoms with Crippen LogP contribution in [-0.4, -0.2) is 33.8 Å². The number of esters is 1. The van der Waals surface area contributed by atoms with E-state index >= 15 is 0 Å². The summed E-state index contributed by atoms with van der Waals surface area (Å²) in [5.41, 5.74) is 1.86. The fraction of sp³-hybridized carbons (Fsp3) is 0.412. The number of carbonyl (C=O) groups excluding carboxylic acids is 1. The van der Waals surface area contributed by atoms with Crippen LogP contribution in [0.3, 0.4) is 0 Å². The van der Waals surface area contributed by atoms with Crippen molar-refractivity contribution in [2.24, 2.45) is 0 Å². The van der Waals surface area contributed by atoms with Crippen molar-refractivity contribution in [3.8, 4) is 0 Å². The molecule has 26 heavy (non-hydrogen) atoms. The molecule has 2 heterocycles. The number of hydrogen-bond donors (Lipinski definition) is 1. The number of nitro benzene ring substituents is 1. The molecule has 0 fully saturated rings. The van der Waals surface area contributed by atoms with Gasteiger partial charge in [-0.3, -0.25) is 14.8 Å². The summed E-state index contributed by atoms with van der Waals surface area (Å²) >= 11 is 0. The first-order chi connectivity index (χ1) is 12.4. The number of nitrogens with one attached hydrogen (secondary N) is 1. The minimum atomic E-state index is -0.883. The number of halogens is 1. The maximum absolute atomic E-state index is 13.6. The maximum atomic E-state index is 13.6. The molecule has 0 saturated carbocycles. The van der Waals surface area contributed by atoms with Gasteiger partial charge in [-0.1, -0.05) is 13.0 Å². The molecule has 1 aromatic heterocycles. The summed E-state index contributed by atoms with van der Waals surface area (Å²) in [4.78, 5) is 22.4. The number of rotatable bonds is 5. The average Bonchev–Trinajstić information content (AvgIpc) is 2.96. The molecular weight excluding hydrogens is 343 g/mol. The molecule has 1 unspecified atom stereocenters. The van der Waals surface area contributed by atoms with Gasteiger partial charge in [0.2, 0.25) is 5.82 Å². The van der Waals surface area contributed by atoms with E-state index < -0.39 is 22.4 Å². The first-order valence-corrected chi connectivity index (χ1v) is 8.32. The Labute approximate surface area is 149 Å². The molecule has 1 aliphatic heterocycles. The van der Waals surface area contributed by atoms with Crippen LogP contribution in [0.15, 0.2) is 18.2 Å². The first kappa shape index (κ1) is 18.0. The molecule has 8 nitrogen and oxygen atoms in total. The van der Waals surface area contributed by atoms with Crippen molar-refractivity contribution in [2.75, 3.05) is 13.2 Å². The third-order valence-electron chi connectivity index (χ3n) is 4.32. The van der Waals surface area contributed by atoms with E-state index in [1.807, 2.05) is 6.92 Å². The van der Waals surface area contributed by atoms with Gasteiger partial charge in [0.25, 0.3) is 0 Å². The Kier molecular flexibility index (Phi) is 4.99. The molecular formula is C17H19FN4O4. The second kappa shape index (κ2) is 7.20. The fourth-order valence-corrected chi connectivity index (χ4v) is 3.20. The quantitative estimate of drug-likeness (QED) is 0.498. The lowest BCUT2D eigenvalue weighted by atomic mass is 9.97. The SMILES string of the molecule is CCOC(=O)c1nn(Cc2ccc(F)c([N+](=O)[O-])c2)c2c1CNCC2C. The summed E-state index contributed by atoms with van der Waals surface area (Å²) in [5.74, 6) is -1.28. The zero-order valence-electron chi connectivity index (χ0n) is 14.5. The molecule has 138 valence electrons. The summed E-state index contributed by atoms with van der Waals surface area (Å²) in [5, 5.41) is 18.6. The van der Waals surface area contributed by atoms with E-state index in [1.165, 1.54) is 12.1 Å². The van der Waals surface area contributed by atoms with Crippen LogP contribution in [0.2, 0.25) is 0 Å². The lowest BCUT2D eigenvalue weighted by Crippen LogP contribution is -2.28. The molecule has 1 aromatic carbocycles. The zero-order valence-corrected chi connectivity index (χ0v) is 14.5. The number of hydrogen-bond acceptors (Lipinski definition) is 6. The summed E-state index contributed by atoms with van der Waals surface area (Å²) in [7, 11) is 0. The summed E-state index contributed by atoms with van der Waals surface area (Å²) in [6.45, 7) is 5.40. The minimum Gasteiger partial charge on any atom is -0.461 e. The molecule has 9 heteroatoms. The summed E-state index contributed by atoms with van der Waals surface area (Å²) in [6.07, 6.45) is 0. The molecule has 3 rings (SSSR count). The number of nitro groups is 1. The molecule has 0 spiro atoms. The Balaban J connectivity index is 2.01. The minimum absolute atomic E-state index is 0.102. The predicted molar refractivity (Wildman–Crippen MR) is 90.5 cm³/mol. The van der Waals surface area contributed by atoms with Gasteiger partial charge in [0, 0.05) is 36.3 Å². The highest BCUT2D eigenvalue weighted by molar-refractivity contribution is 5.89. The highest BCUT2D eigenvalue weighted by Crippen LogP contribution is 2.28. The number of nitrogens with zero attached hydrogens (tertiary/aromatic N) is 3. The van der Waals surface area contributed by atoms with Gasteiger partial charge >= 0.3 is 11.7 Å². The molecule has 0 bridgehead atoms. The van der Waals surface area contributed by atoms with Crippen molar-refractivity contribution in [3.63, 3.8) is 0 Å². The van der Waals surface area contributed by atoms with E-state index in [0.717, 1.165) is 23.9 Å². The van der Waals surface area contributed by atoms with E-state index in [-0.39, 0.29) is 24.8 Å². The van der Waals surface area contributed by atoms with E-state index in [0.29, 0.717) is 12.1 Å². The van der Waals surface area contributed by atoms with Gasteiger partial charge in [-0.2, -0.15) is 9.49 Å². The van der Waals surface area contributed by atoms with Crippen molar-refractivity contribution in [2.45, 2.75) is 32.9 Å². The van der Waals surface area contributed by atoms with Crippen LogP contribution >= 0.6 is 0 Å². The van der Waals surface area contributed by atoms with Gasteiger partial charge in [0.15, 0.2) is 5.69 Å². The third kappa shape index (κ3) is 3.30. The van der Waals surface area contributed by atoms with Crippen LogP contribution < -0.4 is 5.32 Å². The summed E-state index contributed by atoms with van der Waals surface area (Å²) in [6, 6.07) is 3.74. The van der Waals surface area contributed by atoms with Crippen molar-refractivity contribution >= 4 is 11.7 Å². The molecule has 0 amide bonds. The number of carbonyl (C=O) groups is 1. The first-order valence-electron chi connectivity index (χ1n) is 8.32. The van der Waals surface area contributed by atoms with Crippen LogP contribution in [0.25, 0.3) is 0 Å². The van der Waals surface area contributed by atoms with E-state index in [4.69, 9.17) is 4.74 Å². The van der Waals surface area contributed by atoms with Gasteiger partial charge < -0.3 is 10.1 Å². The Morgan fingerprint density at radius 2 is 2.31 bits per heavy atom. The lowest BCUT2D eigenvalue weighted by Gasteiger charge is -2.22. The largest absolute Gasteiger partial charge is 0.461 e. The normalized spacial score (nSPS) is 16.2. The van der Waals surface area contributed by atoms with Crippen LogP contribution in [0, 0.1) is 15.9 Å². The third-order valence-corrected chi connectivity index (χ3v) is 4.32. The fourth-order valence-electron chi connectivity index (χ4n) is 3.20. The van der Waals surface area contributed by atoms with Crippen LogP contribution in [-0.2, 0) is 17.8 Å². The van der Waals surface area contributed by atoms with Gasteiger partial charge in [-0.25, -0.2) is 4.79 Å². The Bertz CT molecular complexity index is 865. The average molecular weight is 362 g/mol. The molecule has 1 N–H and O–H groups in total. The van der Waals surface area contributed by atoms with Crippen molar-refractivity contribution < 1.29 is 18.8 Å². The van der Waals surface area contributed by atoms with Gasteiger partial charge in [-0.15, -0.1) is 0 Å². The maximum Gasteiger partial charge on any atom is 0.359 e. The number of aromatic nitrogens is 2. The van der Waals surface area contributed by atoms with Crippen LogP contribution in [0.5, 0.6) is 0 Å². The van der Waals surface area contributed by atoms with E-state index in [1.54, 1.807) is 11.6 Å². The topological polar surface area (TPSA) is 99.3 Å². The van der Waals surface area contributed by atoms with Crippen LogP contribution in [0.4, 0.5) is 10.1 Å².